The number of hydrogen-bond donors (Lipinski definition) is 1. The summed E-state index contributed by atoms with van der Waals surface area (Å²) in [6.45, 7) is 3.02. The SMILES string of the molecule is Nc1ncnc2nc(-c3cnc(N4CCOCC4)cn3)cc(-c3cccc(Br)c3)c12. The summed E-state index contributed by atoms with van der Waals surface area (Å²) in [5.74, 6) is 1.23. The van der Waals surface area contributed by atoms with Gasteiger partial charge in [0.25, 0.3) is 0 Å². The van der Waals surface area contributed by atoms with Crippen molar-refractivity contribution in [2.45, 2.75) is 0 Å². The molecule has 1 aliphatic rings. The highest BCUT2D eigenvalue weighted by atomic mass is 79.9. The Hall–Kier alpha value is -3.17. The third kappa shape index (κ3) is 3.57. The monoisotopic (exact) mass is 463 g/mol. The number of pyridine rings is 1. The van der Waals surface area contributed by atoms with Gasteiger partial charge in [0.2, 0.25) is 0 Å². The van der Waals surface area contributed by atoms with E-state index < -0.39 is 0 Å². The Morgan fingerprint density at radius 2 is 1.83 bits per heavy atom. The highest BCUT2D eigenvalue weighted by Gasteiger charge is 2.16. The van der Waals surface area contributed by atoms with Crippen molar-refractivity contribution in [1.29, 1.82) is 0 Å². The quantitative estimate of drug-likeness (QED) is 0.493. The number of benzene rings is 1. The fourth-order valence-electron chi connectivity index (χ4n) is 3.51. The molecule has 0 unspecified atom stereocenters. The lowest BCUT2D eigenvalue weighted by atomic mass is 10.0. The molecule has 1 saturated heterocycles. The van der Waals surface area contributed by atoms with Gasteiger partial charge in [-0.2, -0.15) is 0 Å². The lowest BCUT2D eigenvalue weighted by Crippen LogP contribution is -2.36. The maximum atomic E-state index is 6.18. The molecule has 1 aromatic carbocycles. The van der Waals surface area contributed by atoms with Crippen LogP contribution in [0.25, 0.3) is 33.5 Å². The molecule has 3 aromatic heterocycles. The first-order chi connectivity index (χ1) is 14.7. The Labute approximate surface area is 181 Å². The van der Waals surface area contributed by atoms with Gasteiger partial charge in [-0.15, -0.1) is 0 Å². The summed E-state index contributed by atoms with van der Waals surface area (Å²) in [6.07, 6.45) is 4.94. The maximum Gasteiger partial charge on any atom is 0.165 e. The van der Waals surface area contributed by atoms with E-state index in [4.69, 9.17) is 10.5 Å². The Balaban J connectivity index is 1.61. The van der Waals surface area contributed by atoms with Crippen molar-refractivity contribution in [2.24, 2.45) is 0 Å². The summed E-state index contributed by atoms with van der Waals surface area (Å²) in [5.41, 5.74) is 9.93. The molecule has 0 saturated carbocycles. The fourth-order valence-corrected chi connectivity index (χ4v) is 3.91. The number of halogens is 1. The van der Waals surface area contributed by atoms with Gasteiger partial charge < -0.3 is 15.4 Å². The largest absolute Gasteiger partial charge is 0.383 e. The van der Waals surface area contributed by atoms with E-state index in [1.165, 1.54) is 6.33 Å². The van der Waals surface area contributed by atoms with Crippen molar-refractivity contribution < 1.29 is 4.74 Å². The zero-order valence-electron chi connectivity index (χ0n) is 16.0. The Bertz CT molecular complexity index is 1210. The molecule has 1 fully saturated rings. The van der Waals surface area contributed by atoms with Gasteiger partial charge in [0.05, 0.1) is 36.7 Å². The predicted molar refractivity (Wildman–Crippen MR) is 119 cm³/mol. The summed E-state index contributed by atoms with van der Waals surface area (Å²) in [7, 11) is 0. The average Bonchev–Trinajstić information content (AvgIpc) is 2.79. The number of ether oxygens (including phenoxy) is 1. The standard InChI is InChI=1S/C21H18BrN7O/c22-14-3-1-2-13(8-14)15-9-16(28-21-19(15)20(23)26-12-27-21)17-10-25-18(11-24-17)29-4-6-30-7-5-29/h1-3,8-12H,4-7H2,(H2,23,26,27,28). The van der Waals surface area contributed by atoms with Crippen LogP contribution < -0.4 is 10.6 Å². The average molecular weight is 464 g/mol. The molecule has 150 valence electrons. The van der Waals surface area contributed by atoms with E-state index in [1.54, 1.807) is 12.4 Å². The number of hydrogen-bond acceptors (Lipinski definition) is 8. The van der Waals surface area contributed by atoms with Gasteiger partial charge >= 0.3 is 0 Å². The smallest absolute Gasteiger partial charge is 0.165 e. The van der Waals surface area contributed by atoms with E-state index in [0.717, 1.165) is 39.9 Å². The third-order valence-electron chi connectivity index (χ3n) is 5.00. The van der Waals surface area contributed by atoms with E-state index in [9.17, 15) is 0 Å². The molecule has 4 heterocycles. The summed E-state index contributed by atoms with van der Waals surface area (Å²) < 4.78 is 6.37. The first kappa shape index (κ1) is 18.8. The number of nitrogens with two attached hydrogens (primary N) is 1. The van der Waals surface area contributed by atoms with Gasteiger partial charge in [0.1, 0.15) is 23.7 Å². The molecule has 4 aromatic rings. The molecule has 0 aliphatic carbocycles. The van der Waals surface area contributed by atoms with E-state index in [1.807, 2.05) is 30.3 Å². The number of anilines is 2. The molecule has 0 radical (unpaired) electrons. The number of nitrogens with zero attached hydrogens (tertiary/aromatic N) is 6. The number of nitrogen functional groups attached to an aromatic ring is 1. The van der Waals surface area contributed by atoms with E-state index >= 15 is 0 Å². The van der Waals surface area contributed by atoms with Crippen LogP contribution in [0.4, 0.5) is 11.6 Å². The summed E-state index contributed by atoms with van der Waals surface area (Å²) >= 11 is 3.54. The Morgan fingerprint density at radius 3 is 2.60 bits per heavy atom. The summed E-state index contributed by atoms with van der Waals surface area (Å²) in [4.78, 5) is 24.5. The number of aromatic nitrogens is 5. The zero-order chi connectivity index (χ0) is 20.5. The van der Waals surface area contributed by atoms with Crippen LogP contribution in [0.5, 0.6) is 0 Å². The van der Waals surface area contributed by atoms with E-state index in [-0.39, 0.29) is 0 Å². The summed E-state index contributed by atoms with van der Waals surface area (Å²) in [6, 6.07) is 9.95. The molecule has 30 heavy (non-hydrogen) atoms. The van der Waals surface area contributed by atoms with Crippen LogP contribution in [0.15, 0.2) is 53.5 Å². The molecule has 0 amide bonds. The van der Waals surface area contributed by atoms with Crippen molar-refractivity contribution in [3.63, 3.8) is 0 Å². The first-order valence-electron chi connectivity index (χ1n) is 9.51. The Morgan fingerprint density at radius 1 is 0.967 bits per heavy atom. The van der Waals surface area contributed by atoms with Crippen molar-refractivity contribution in [2.75, 3.05) is 36.9 Å². The van der Waals surface area contributed by atoms with Crippen molar-refractivity contribution in [3.8, 4) is 22.5 Å². The summed E-state index contributed by atoms with van der Waals surface area (Å²) in [5, 5.41) is 0.720. The lowest BCUT2D eigenvalue weighted by molar-refractivity contribution is 0.122. The molecule has 0 spiro atoms. The highest BCUT2D eigenvalue weighted by Crippen LogP contribution is 2.34. The van der Waals surface area contributed by atoms with Gasteiger partial charge in [-0.3, -0.25) is 0 Å². The minimum absolute atomic E-state index is 0.391. The molecule has 5 rings (SSSR count). The van der Waals surface area contributed by atoms with Crippen LogP contribution in [-0.4, -0.2) is 51.2 Å². The second-order valence-electron chi connectivity index (χ2n) is 6.88. The van der Waals surface area contributed by atoms with Crippen LogP contribution in [0, 0.1) is 0 Å². The molecular weight excluding hydrogens is 446 g/mol. The molecule has 2 N–H and O–H groups in total. The number of rotatable bonds is 3. The van der Waals surface area contributed by atoms with Crippen LogP contribution in [0.3, 0.4) is 0 Å². The Kier molecular flexibility index (Phi) is 4.97. The number of morpholine rings is 1. The molecular formula is C21H18BrN7O. The highest BCUT2D eigenvalue weighted by molar-refractivity contribution is 9.10. The fraction of sp³-hybridized carbons (Fsp3) is 0.190. The van der Waals surface area contributed by atoms with E-state index in [2.05, 4.69) is 45.7 Å². The van der Waals surface area contributed by atoms with Crippen LogP contribution in [0.2, 0.25) is 0 Å². The van der Waals surface area contributed by atoms with Gasteiger partial charge in [-0.25, -0.2) is 24.9 Å². The molecule has 8 nitrogen and oxygen atoms in total. The van der Waals surface area contributed by atoms with Crippen molar-refractivity contribution >= 4 is 38.6 Å². The topological polar surface area (TPSA) is 103 Å². The molecule has 1 aliphatic heterocycles. The predicted octanol–water partition coefficient (Wildman–Crippen LogP) is 3.33. The second kappa shape index (κ2) is 7.92. The molecule has 9 heteroatoms. The second-order valence-corrected chi connectivity index (χ2v) is 7.80. The molecule has 0 bridgehead atoms. The van der Waals surface area contributed by atoms with Gasteiger partial charge in [0.15, 0.2) is 5.65 Å². The minimum atomic E-state index is 0.391. The van der Waals surface area contributed by atoms with Crippen molar-refractivity contribution in [3.05, 3.63) is 53.5 Å². The van der Waals surface area contributed by atoms with E-state index in [0.29, 0.717) is 36.1 Å². The van der Waals surface area contributed by atoms with Crippen molar-refractivity contribution in [1.82, 2.24) is 24.9 Å². The van der Waals surface area contributed by atoms with Crippen LogP contribution in [0.1, 0.15) is 0 Å². The van der Waals surface area contributed by atoms with Gasteiger partial charge in [-0.1, -0.05) is 28.1 Å². The lowest BCUT2D eigenvalue weighted by Gasteiger charge is -2.27. The van der Waals surface area contributed by atoms with Crippen LogP contribution >= 0.6 is 15.9 Å². The maximum absolute atomic E-state index is 6.18. The first-order valence-corrected chi connectivity index (χ1v) is 10.3. The molecule has 0 atom stereocenters. The van der Waals surface area contributed by atoms with Crippen LogP contribution in [-0.2, 0) is 4.74 Å². The minimum Gasteiger partial charge on any atom is -0.383 e. The number of fused-ring (bicyclic) bond motifs is 1. The van der Waals surface area contributed by atoms with Gasteiger partial charge in [-0.05, 0) is 29.3 Å². The third-order valence-corrected chi connectivity index (χ3v) is 5.50. The van der Waals surface area contributed by atoms with Gasteiger partial charge in [0, 0.05) is 17.6 Å². The normalized spacial score (nSPS) is 14.2. The zero-order valence-corrected chi connectivity index (χ0v) is 17.6.